The van der Waals surface area contributed by atoms with Crippen LogP contribution in [0.2, 0.25) is 0 Å². The Morgan fingerprint density at radius 1 is 1.20 bits per heavy atom. The molecule has 1 atom stereocenters. The second-order valence-electron chi connectivity index (χ2n) is 7.24. The van der Waals surface area contributed by atoms with Crippen molar-refractivity contribution in [1.29, 1.82) is 0 Å². The molecule has 1 aliphatic heterocycles. The van der Waals surface area contributed by atoms with Gasteiger partial charge in [-0.05, 0) is 36.8 Å². The zero-order valence-corrected chi connectivity index (χ0v) is 16.9. The summed E-state index contributed by atoms with van der Waals surface area (Å²) < 4.78 is 7.19. The van der Waals surface area contributed by atoms with Gasteiger partial charge in [-0.25, -0.2) is 4.98 Å². The van der Waals surface area contributed by atoms with Gasteiger partial charge >= 0.3 is 0 Å². The van der Waals surface area contributed by atoms with Crippen LogP contribution in [0.15, 0.2) is 59.7 Å². The molecule has 1 unspecified atom stereocenters. The smallest absolute Gasteiger partial charge is 0.255 e. The van der Waals surface area contributed by atoms with E-state index in [9.17, 15) is 9.59 Å². The second kappa shape index (κ2) is 8.46. The standard InChI is InChI=1S/C22H23N5O3/c1-15-4-3-5-17(12-15)24-21(29)19-14-27(10-11-30-19)22-25-18(13-20(28)26(22)2)16-6-8-23-9-7-16/h3-9,12-13,19H,10-11,14H2,1-2H3,(H,24,29). The lowest BCUT2D eigenvalue weighted by Gasteiger charge is -2.33. The van der Waals surface area contributed by atoms with E-state index in [0.717, 1.165) is 16.8 Å². The number of aromatic nitrogens is 3. The van der Waals surface area contributed by atoms with Gasteiger partial charge in [-0.15, -0.1) is 0 Å². The monoisotopic (exact) mass is 405 g/mol. The van der Waals surface area contributed by atoms with Crippen molar-refractivity contribution in [2.45, 2.75) is 13.0 Å². The SMILES string of the molecule is Cc1cccc(NC(=O)C2CN(c3nc(-c4ccncc4)cc(=O)n3C)CCO2)c1. The van der Waals surface area contributed by atoms with Gasteiger partial charge in [0.25, 0.3) is 11.5 Å². The van der Waals surface area contributed by atoms with Gasteiger partial charge in [0.05, 0.1) is 18.8 Å². The minimum absolute atomic E-state index is 0.168. The molecule has 1 aromatic carbocycles. The maximum atomic E-state index is 12.7. The van der Waals surface area contributed by atoms with Gasteiger partial charge in [0.1, 0.15) is 0 Å². The molecule has 0 bridgehead atoms. The predicted octanol–water partition coefficient (Wildman–Crippen LogP) is 1.99. The van der Waals surface area contributed by atoms with E-state index in [2.05, 4.69) is 10.3 Å². The third-order valence-corrected chi connectivity index (χ3v) is 5.01. The highest BCUT2D eigenvalue weighted by molar-refractivity contribution is 5.94. The third-order valence-electron chi connectivity index (χ3n) is 5.01. The molecule has 0 saturated carbocycles. The molecule has 154 valence electrons. The van der Waals surface area contributed by atoms with E-state index in [4.69, 9.17) is 9.72 Å². The van der Waals surface area contributed by atoms with Crippen LogP contribution in [0.25, 0.3) is 11.3 Å². The summed E-state index contributed by atoms with van der Waals surface area (Å²) >= 11 is 0. The molecule has 30 heavy (non-hydrogen) atoms. The van der Waals surface area contributed by atoms with Crippen LogP contribution in [0.5, 0.6) is 0 Å². The highest BCUT2D eigenvalue weighted by Gasteiger charge is 2.29. The minimum Gasteiger partial charge on any atom is -0.365 e. The number of hydrogen-bond donors (Lipinski definition) is 1. The van der Waals surface area contributed by atoms with Crippen molar-refractivity contribution in [1.82, 2.24) is 14.5 Å². The molecule has 1 saturated heterocycles. The van der Waals surface area contributed by atoms with E-state index in [-0.39, 0.29) is 11.5 Å². The summed E-state index contributed by atoms with van der Waals surface area (Å²) in [6.07, 6.45) is 2.66. The molecule has 2 aromatic heterocycles. The number of ether oxygens (including phenoxy) is 1. The molecule has 1 fully saturated rings. The molecule has 1 N–H and O–H groups in total. The molecule has 1 amide bonds. The van der Waals surface area contributed by atoms with Crippen molar-refractivity contribution < 1.29 is 9.53 Å². The van der Waals surface area contributed by atoms with Crippen molar-refractivity contribution in [2.24, 2.45) is 7.05 Å². The zero-order valence-electron chi connectivity index (χ0n) is 16.9. The molecule has 8 nitrogen and oxygen atoms in total. The van der Waals surface area contributed by atoms with Crippen molar-refractivity contribution in [2.75, 3.05) is 29.9 Å². The lowest BCUT2D eigenvalue weighted by atomic mass is 10.2. The van der Waals surface area contributed by atoms with Gasteiger partial charge in [-0.3, -0.25) is 19.1 Å². The average Bonchev–Trinajstić information content (AvgIpc) is 2.76. The third kappa shape index (κ3) is 4.23. The number of pyridine rings is 1. The molecule has 0 aliphatic carbocycles. The number of hydrogen-bond acceptors (Lipinski definition) is 6. The van der Waals surface area contributed by atoms with Crippen molar-refractivity contribution >= 4 is 17.5 Å². The van der Waals surface area contributed by atoms with E-state index < -0.39 is 6.10 Å². The average molecular weight is 405 g/mol. The molecule has 3 heterocycles. The Morgan fingerprint density at radius 2 is 2.00 bits per heavy atom. The van der Waals surface area contributed by atoms with E-state index in [1.54, 1.807) is 19.4 Å². The van der Waals surface area contributed by atoms with Crippen LogP contribution in [-0.2, 0) is 16.6 Å². The van der Waals surface area contributed by atoms with E-state index in [1.165, 1.54) is 10.6 Å². The van der Waals surface area contributed by atoms with Crippen molar-refractivity contribution in [3.8, 4) is 11.3 Å². The number of carbonyl (C=O) groups excluding carboxylic acids is 1. The van der Waals surface area contributed by atoms with Crippen LogP contribution in [0.1, 0.15) is 5.56 Å². The molecular formula is C22H23N5O3. The first kappa shape index (κ1) is 19.8. The Hall–Kier alpha value is -3.52. The number of anilines is 2. The van der Waals surface area contributed by atoms with E-state index >= 15 is 0 Å². The summed E-state index contributed by atoms with van der Waals surface area (Å²) in [5, 5.41) is 2.90. The fraction of sp³-hybridized carbons (Fsp3) is 0.273. The Balaban J connectivity index is 1.56. The van der Waals surface area contributed by atoms with Crippen LogP contribution in [-0.4, -0.2) is 46.2 Å². The predicted molar refractivity (Wildman–Crippen MR) is 114 cm³/mol. The van der Waals surface area contributed by atoms with Crippen LogP contribution in [0, 0.1) is 6.92 Å². The molecule has 0 spiro atoms. The van der Waals surface area contributed by atoms with Gasteiger partial charge in [-0.2, -0.15) is 0 Å². The highest BCUT2D eigenvalue weighted by atomic mass is 16.5. The Kier molecular flexibility index (Phi) is 5.58. The van der Waals surface area contributed by atoms with Crippen LogP contribution in [0.3, 0.4) is 0 Å². The molecular weight excluding hydrogens is 382 g/mol. The first-order chi connectivity index (χ1) is 14.5. The summed E-state index contributed by atoms with van der Waals surface area (Å²) in [5.41, 5.74) is 3.00. The first-order valence-electron chi connectivity index (χ1n) is 9.74. The molecule has 4 rings (SSSR count). The number of aryl methyl sites for hydroxylation is 1. The number of nitrogens with one attached hydrogen (secondary N) is 1. The van der Waals surface area contributed by atoms with E-state index in [0.29, 0.717) is 31.3 Å². The fourth-order valence-corrected chi connectivity index (χ4v) is 3.42. The number of nitrogens with zero attached hydrogens (tertiary/aromatic N) is 4. The number of rotatable bonds is 4. The number of morpholine rings is 1. The lowest BCUT2D eigenvalue weighted by molar-refractivity contribution is -0.128. The van der Waals surface area contributed by atoms with Gasteiger partial charge in [0, 0.05) is 43.3 Å². The maximum absolute atomic E-state index is 12.7. The van der Waals surface area contributed by atoms with Crippen LogP contribution in [0.4, 0.5) is 11.6 Å². The number of amides is 1. The number of benzene rings is 1. The van der Waals surface area contributed by atoms with Crippen LogP contribution < -0.4 is 15.8 Å². The normalized spacial score (nSPS) is 16.3. The topological polar surface area (TPSA) is 89.4 Å². The Morgan fingerprint density at radius 3 is 2.77 bits per heavy atom. The van der Waals surface area contributed by atoms with E-state index in [1.807, 2.05) is 48.2 Å². The fourth-order valence-electron chi connectivity index (χ4n) is 3.42. The summed E-state index contributed by atoms with van der Waals surface area (Å²) in [6, 6.07) is 12.7. The number of carbonyl (C=O) groups is 1. The lowest BCUT2D eigenvalue weighted by Crippen LogP contribution is -2.49. The van der Waals surface area contributed by atoms with Crippen LogP contribution >= 0.6 is 0 Å². The summed E-state index contributed by atoms with van der Waals surface area (Å²) in [7, 11) is 1.68. The molecule has 1 aliphatic rings. The minimum atomic E-state index is -0.666. The maximum Gasteiger partial charge on any atom is 0.255 e. The molecule has 3 aromatic rings. The Labute approximate surface area is 174 Å². The summed E-state index contributed by atoms with van der Waals surface area (Å²) in [5.74, 6) is 0.284. The van der Waals surface area contributed by atoms with Gasteiger partial charge < -0.3 is 15.0 Å². The van der Waals surface area contributed by atoms with Gasteiger partial charge in [-0.1, -0.05) is 12.1 Å². The van der Waals surface area contributed by atoms with Gasteiger partial charge in [0.15, 0.2) is 6.10 Å². The molecule has 8 heteroatoms. The highest BCUT2D eigenvalue weighted by Crippen LogP contribution is 2.20. The van der Waals surface area contributed by atoms with Crippen molar-refractivity contribution in [3.63, 3.8) is 0 Å². The quantitative estimate of drug-likeness (QED) is 0.714. The van der Waals surface area contributed by atoms with Crippen molar-refractivity contribution in [3.05, 3.63) is 70.8 Å². The summed E-state index contributed by atoms with van der Waals surface area (Å²) in [6.45, 7) is 3.17. The summed E-state index contributed by atoms with van der Waals surface area (Å²) in [4.78, 5) is 35.9. The second-order valence-corrected chi connectivity index (χ2v) is 7.24. The first-order valence-corrected chi connectivity index (χ1v) is 9.74. The molecule has 0 radical (unpaired) electrons. The largest absolute Gasteiger partial charge is 0.365 e. The van der Waals surface area contributed by atoms with Gasteiger partial charge in [0.2, 0.25) is 5.95 Å². The Bertz CT molecular complexity index is 1110. The zero-order chi connectivity index (χ0) is 21.1.